The van der Waals surface area contributed by atoms with Crippen LogP contribution in [0.15, 0.2) is 30.9 Å². The van der Waals surface area contributed by atoms with Crippen molar-refractivity contribution in [1.82, 2.24) is 0 Å². The monoisotopic (exact) mass is 290 g/mol. The summed E-state index contributed by atoms with van der Waals surface area (Å²) in [5.41, 5.74) is 1.57. The van der Waals surface area contributed by atoms with Crippen LogP contribution in [0.5, 0.6) is 5.75 Å². The zero-order valence-corrected chi connectivity index (χ0v) is 12.2. The van der Waals surface area contributed by atoms with E-state index in [1.807, 2.05) is 6.07 Å². The number of methoxy groups -OCH3 is 1. The molecule has 2 atom stereocenters. The van der Waals surface area contributed by atoms with E-state index in [4.69, 9.17) is 9.84 Å². The number of phenolic OH excluding ortho intramolecular Hbond substituents is 1. The number of aromatic hydroxyl groups is 1. The van der Waals surface area contributed by atoms with Crippen LogP contribution in [0, 0.1) is 11.8 Å². The summed E-state index contributed by atoms with van der Waals surface area (Å²) in [5.74, 6) is 6.12. The molecular formula is C17H22O4. The van der Waals surface area contributed by atoms with Crippen molar-refractivity contribution in [3.63, 3.8) is 0 Å². The van der Waals surface area contributed by atoms with Crippen molar-refractivity contribution in [2.45, 2.75) is 31.5 Å². The summed E-state index contributed by atoms with van der Waals surface area (Å²) in [6.07, 6.45) is 1.95. The molecule has 0 aliphatic carbocycles. The molecule has 114 valence electrons. The molecule has 1 aromatic carbocycles. The van der Waals surface area contributed by atoms with Crippen molar-refractivity contribution in [2.24, 2.45) is 0 Å². The van der Waals surface area contributed by atoms with E-state index in [0.717, 1.165) is 11.1 Å². The fourth-order valence-electron chi connectivity index (χ4n) is 1.96. The van der Waals surface area contributed by atoms with E-state index in [0.29, 0.717) is 19.3 Å². The minimum atomic E-state index is -0.739. The third-order valence-electron chi connectivity index (χ3n) is 3.10. The second kappa shape index (κ2) is 9.19. The molecule has 0 spiro atoms. The summed E-state index contributed by atoms with van der Waals surface area (Å²) in [6, 6.07) is 5.24. The second-order valence-electron chi connectivity index (χ2n) is 4.65. The smallest absolute Gasteiger partial charge is 0.143 e. The van der Waals surface area contributed by atoms with Gasteiger partial charge in [-0.3, -0.25) is 0 Å². The Morgan fingerprint density at radius 1 is 1.43 bits per heavy atom. The Bertz CT molecular complexity index is 513. The predicted octanol–water partition coefficient (Wildman–Crippen LogP) is 1.94. The summed E-state index contributed by atoms with van der Waals surface area (Å²) < 4.78 is 5.38. The zero-order valence-electron chi connectivity index (χ0n) is 12.2. The molecule has 4 heteroatoms. The molecule has 1 aromatic rings. The first-order valence-corrected chi connectivity index (χ1v) is 6.85. The lowest BCUT2D eigenvalue weighted by Crippen LogP contribution is -2.10. The van der Waals surface area contributed by atoms with E-state index in [1.54, 1.807) is 25.3 Å². The Labute approximate surface area is 125 Å². The molecule has 0 amide bonds. The van der Waals surface area contributed by atoms with Crippen LogP contribution in [0.3, 0.4) is 0 Å². The van der Waals surface area contributed by atoms with Crippen LogP contribution in [0.4, 0.5) is 0 Å². The van der Waals surface area contributed by atoms with Gasteiger partial charge in [-0.2, -0.15) is 0 Å². The fraction of sp³-hybridized carbons (Fsp3) is 0.412. The molecule has 0 bridgehead atoms. The molecule has 0 aliphatic rings. The van der Waals surface area contributed by atoms with E-state index in [9.17, 15) is 10.2 Å². The van der Waals surface area contributed by atoms with Crippen LogP contribution in [-0.4, -0.2) is 35.1 Å². The van der Waals surface area contributed by atoms with Crippen molar-refractivity contribution < 1.29 is 20.1 Å². The number of phenols is 1. The Hall–Kier alpha value is -1.80. The van der Waals surface area contributed by atoms with Gasteiger partial charge in [0.2, 0.25) is 0 Å². The molecule has 3 N–H and O–H groups in total. The Morgan fingerprint density at radius 2 is 2.19 bits per heavy atom. The van der Waals surface area contributed by atoms with E-state index in [-0.39, 0.29) is 12.4 Å². The summed E-state index contributed by atoms with van der Waals surface area (Å²) in [7, 11) is 1.56. The first-order valence-electron chi connectivity index (χ1n) is 6.85. The van der Waals surface area contributed by atoms with Gasteiger partial charge in [-0.1, -0.05) is 24.1 Å². The topological polar surface area (TPSA) is 69.9 Å². The summed E-state index contributed by atoms with van der Waals surface area (Å²) in [6.45, 7) is 3.43. The lowest BCUT2D eigenvalue weighted by atomic mass is 9.98. The van der Waals surface area contributed by atoms with Crippen molar-refractivity contribution >= 4 is 0 Å². The third kappa shape index (κ3) is 5.24. The number of aliphatic hydroxyl groups is 2. The van der Waals surface area contributed by atoms with Gasteiger partial charge in [-0.05, 0) is 24.5 Å². The number of rotatable bonds is 7. The molecule has 0 radical (unpaired) electrons. The van der Waals surface area contributed by atoms with Crippen molar-refractivity contribution in [3.8, 4) is 17.6 Å². The molecule has 4 nitrogen and oxygen atoms in total. The van der Waals surface area contributed by atoms with Crippen molar-refractivity contribution in [3.05, 3.63) is 42.0 Å². The maximum absolute atomic E-state index is 9.93. The molecule has 0 saturated carbocycles. The molecule has 0 saturated heterocycles. The van der Waals surface area contributed by atoms with Crippen LogP contribution in [0.2, 0.25) is 0 Å². The minimum absolute atomic E-state index is 0.201. The van der Waals surface area contributed by atoms with Gasteiger partial charge in [0.05, 0.1) is 12.7 Å². The van der Waals surface area contributed by atoms with E-state index in [1.165, 1.54) is 0 Å². The van der Waals surface area contributed by atoms with Gasteiger partial charge in [-0.15, -0.1) is 12.5 Å². The first kappa shape index (κ1) is 17.3. The second-order valence-corrected chi connectivity index (χ2v) is 4.65. The maximum Gasteiger partial charge on any atom is 0.143 e. The van der Waals surface area contributed by atoms with Gasteiger partial charge in [0.1, 0.15) is 11.9 Å². The molecule has 0 fully saturated rings. The lowest BCUT2D eigenvalue weighted by molar-refractivity contribution is 0.0895. The van der Waals surface area contributed by atoms with Gasteiger partial charge in [-0.25, -0.2) is 0 Å². The predicted molar refractivity (Wildman–Crippen MR) is 81.9 cm³/mol. The third-order valence-corrected chi connectivity index (χ3v) is 3.10. The highest BCUT2D eigenvalue weighted by molar-refractivity contribution is 5.44. The van der Waals surface area contributed by atoms with Crippen LogP contribution in [-0.2, 0) is 11.2 Å². The normalized spacial score (nSPS) is 13.1. The summed E-state index contributed by atoms with van der Waals surface area (Å²) in [4.78, 5) is 0. The lowest BCUT2D eigenvalue weighted by Gasteiger charge is -2.15. The quantitative estimate of drug-likeness (QED) is 0.530. The van der Waals surface area contributed by atoms with Crippen LogP contribution in [0.1, 0.15) is 30.1 Å². The average Bonchev–Trinajstić information content (AvgIpc) is 2.49. The molecule has 0 heterocycles. The molecule has 21 heavy (non-hydrogen) atoms. The molecular weight excluding hydrogens is 268 g/mol. The maximum atomic E-state index is 9.93. The minimum Gasteiger partial charge on any atom is -0.508 e. The molecule has 0 aromatic heterocycles. The Balaban J connectivity index is 2.88. The fourth-order valence-corrected chi connectivity index (χ4v) is 1.96. The van der Waals surface area contributed by atoms with Crippen LogP contribution < -0.4 is 0 Å². The van der Waals surface area contributed by atoms with E-state index in [2.05, 4.69) is 18.4 Å². The van der Waals surface area contributed by atoms with Crippen molar-refractivity contribution in [2.75, 3.05) is 13.7 Å². The Morgan fingerprint density at radius 3 is 2.81 bits per heavy atom. The van der Waals surface area contributed by atoms with Gasteiger partial charge < -0.3 is 20.1 Å². The molecule has 0 unspecified atom stereocenters. The first-order chi connectivity index (χ1) is 10.1. The van der Waals surface area contributed by atoms with Gasteiger partial charge in [0.15, 0.2) is 0 Å². The van der Waals surface area contributed by atoms with E-state index < -0.39 is 12.2 Å². The highest BCUT2D eigenvalue weighted by Gasteiger charge is 2.14. The molecule has 1 rings (SSSR count). The Kier molecular flexibility index (Phi) is 7.55. The molecule has 0 aliphatic heterocycles. The summed E-state index contributed by atoms with van der Waals surface area (Å²) >= 11 is 0. The van der Waals surface area contributed by atoms with Gasteiger partial charge in [0.25, 0.3) is 0 Å². The number of allylic oxidation sites excluding steroid dienone is 1. The average molecular weight is 290 g/mol. The van der Waals surface area contributed by atoms with Crippen molar-refractivity contribution in [1.29, 1.82) is 0 Å². The van der Waals surface area contributed by atoms with E-state index >= 15 is 0 Å². The number of ether oxygens (including phenoxy) is 1. The van der Waals surface area contributed by atoms with Gasteiger partial charge in [0, 0.05) is 19.1 Å². The summed E-state index contributed by atoms with van der Waals surface area (Å²) in [5, 5.41) is 27.9. The number of hydrogen-bond acceptors (Lipinski definition) is 4. The van der Waals surface area contributed by atoms with Gasteiger partial charge >= 0.3 is 0 Å². The highest BCUT2D eigenvalue weighted by atomic mass is 16.5. The number of benzene rings is 1. The van der Waals surface area contributed by atoms with Crippen LogP contribution in [0.25, 0.3) is 0 Å². The number of hydrogen-bond donors (Lipinski definition) is 3. The van der Waals surface area contributed by atoms with Crippen LogP contribution >= 0.6 is 0 Å². The zero-order chi connectivity index (χ0) is 15.7. The standard InChI is InChI=1S/C17H22O4/c1-3-7-14-15(9-6-10-16(14)20)17(21-2)11-5-4-8-13(19)12-18/h3,6,9-10,13,17-20H,1,4,7-8,12H2,2H3/t13-,17+/m1/s1. The largest absolute Gasteiger partial charge is 0.508 e. The highest BCUT2D eigenvalue weighted by Crippen LogP contribution is 2.28. The SMILES string of the molecule is C=CCc1c(O)cccc1[C@H](C#CCC[C@@H](O)CO)OC. The number of aliphatic hydroxyl groups excluding tert-OH is 2.